The molecular formula is C15H14Br3N. The number of hydrogen-bond donors (Lipinski definition) is 0. The highest BCUT2D eigenvalue weighted by atomic mass is 79.9. The predicted octanol–water partition coefficient (Wildman–Crippen LogP) is 5.10. The normalized spacial score (nSPS) is 27.5. The largest absolute Gasteiger partial charge is 0.280 e. The maximum absolute atomic E-state index is 3.94. The van der Waals surface area contributed by atoms with Crippen LogP contribution in [0, 0.1) is 0 Å². The summed E-state index contributed by atoms with van der Waals surface area (Å²) in [5, 5.41) is 0. The molecular weight excluding hydrogens is 434 g/mol. The van der Waals surface area contributed by atoms with Crippen LogP contribution in [-0.4, -0.2) is 15.9 Å². The highest BCUT2D eigenvalue weighted by molar-refractivity contribution is 9.12. The number of rotatable bonds is 1. The van der Waals surface area contributed by atoms with E-state index in [1.807, 2.05) is 0 Å². The first-order valence-electron chi connectivity index (χ1n) is 6.32. The first kappa shape index (κ1) is 14.1. The molecule has 0 fully saturated rings. The molecule has 100 valence electrons. The van der Waals surface area contributed by atoms with Gasteiger partial charge in [0.1, 0.15) is 4.45 Å². The molecule has 1 aliphatic carbocycles. The van der Waals surface area contributed by atoms with Gasteiger partial charge in [-0.15, -0.1) is 0 Å². The van der Waals surface area contributed by atoms with E-state index in [1.54, 1.807) is 0 Å². The molecule has 4 heteroatoms. The molecule has 1 aromatic carbocycles. The fourth-order valence-corrected chi connectivity index (χ4v) is 5.93. The van der Waals surface area contributed by atoms with E-state index in [4.69, 9.17) is 0 Å². The maximum atomic E-state index is 3.94. The molecule has 0 saturated heterocycles. The topological polar surface area (TPSA) is 3.24 Å². The smallest absolute Gasteiger partial charge is 0.101 e. The van der Waals surface area contributed by atoms with Gasteiger partial charge in [-0.05, 0) is 34.2 Å². The second kappa shape index (κ2) is 5.47. The van der Waals surface area contributed by atoms with Crippen LogP contribution in [0.2, 0.25) is 0 Å². The molecule has 0 spiro atoms. The summed E-state index contributed by atoms with van der Waals surface area (Å²) in [6.07, 6.45) is 6.46. The summed E-state index contributed by atoms with van der Waals surface area (Å²) >= 11 is 11.2. The summed E-state index contributed by atoms with van der Waals surface area (Å²) in [4.78, 5) is 2.50. The van der Waals surface area contributed by atoms with Gasteiger partial charge in [-0.2, -0.15) is 0 Å². The van der Waals surface area contributed by atoms with Gasteiger partial charge in [0.05, 0.1) is 0 Å². The van der Waals surface area contributed by atoms with Crippen molar-refractivity contribution >= 4 is 47.8 Å². The van der Waals surface area contributed by atoms with E-state index in [2.05, 4.69) is 89.1 Å². The second-order valence-corrected chi connectivity index (χ2v) is 8.36. The quantitative estimate of drug-likeness (QED) is 0.427. The number of fused-ring (bicyclic) bond motifs is 1. The van der Waals surface area contributed by atoms with Gasteiger partial charge in [-0.1, -0.05) is 72.1 Å². The molecule has 1 nitrogen and oxygen atoms in total. The molecule has 0 radical (unpaired) electrons. The Balaban J connectivity index is 1.87. The standard InChI is InChI=1S/C15H14Br3N/c16-13-7-14(17)9-15(18,8-13)19-6-5-11-3-1-2-4-12(11)10-19/h1-4,7-8H,5-6,9-10H2. The summed E-state index contributed by atoms with van der Waals surface area (Å²) in [6.45, 7) is 2.08. The Bertz CT molecular complexity index is 564. The Morgan fingerprint density at radius 2 is 1.84 bits per heavy atom. The van der Waals surface area contributed by atoms with Crippen LogP contribution < -0.4 is 0 Å². The van der Waals surface area contributed by atoms with Crippen molar-refractivity contribution in [2.45, 2.75) is 23.8 Å². The number of alkyl halides is 1. The number of halogens is 3. The first-order chi connectivity index (χ1) is 9.07. The van der Waals surface area contributed by atoms with Crippen molar-refractivity contribution in [3.05, 3.63) is 56.5 Å². The predicted molar refractivity (Wildman–Crippen MR) is 90.9 cm³/mol. The molecule has 0 aromatic heterocycles. The average Bonchev–Trinajstić information content (AvgIpc) is 2.36. The molecule has 1 aliphatic heterocycles. The van der Waals surface area contributed by atoms with E-state index in [0.29, 0.717) is 0 Å². The molecule has 0 bridgehead atoms. The van der Waals surface area contributed by atoms with E-state index in [1.165, 1.54) is 15.6 Å². The minimum atomic E-state index is -0.0903. The zero-order valence-corrected chi connectivity index (χ0v) is 15.1. The van der Waals surface area contributed by atoms with Gasteiger partial charge in [0.15, 0.2) is 0 Å². The fourth-order valence-electron chi connectivity index (χ4n) is 2.76. The first-order valence-corrected chi connectivity index (χ1v) is 8.70. The van der Waals surface area contributed by atoms with Crippen LogP contribution >= 0.6 is 47.8 Å². The van der Waals surface area contributed by atoms with Crippen molar-refractivity contribution in [2.75, 3.05) is 6.54 Å². The van der Waals surface area contributed by atoms with E-state index in [9.17, 15) is 0 Å². The monoisotopic (exact) mass is 445 g/mol. The van der Waals surface area contributed by atoms with Crippen LogP contribution in [0.1, 0.15) is 17.5 Å². The van der Waals surface area contributed by atoms with Crippen LogP contribution in [0.5, 0.6) is 0 Å². The minimum Gasteiger partial charge on any atom is -0.280 e. The van der Waals surface area contributed by atoms with E-state index in [0.717, 1.165) is 30.4 Å². The molecule has 3 rings (SSSR count). The number of nitrogens with zero attached hydrogens (tertiary/aromatic N) is 1. The zero-order chi connectivity index (χ0) is 13.5. The summed E-state index contributed by atoms with van der Waals surface area (Å²) in [7, 11) is 0. The van der Waals surface area contributed by atoms with Crippen molar-refractivity contribution in [1.82, 2.24) is 4.90 Å². The van der Waals surface area contributed by atoms with Crippen LogP contribution in [-0.2, 0) is 13.0 Å². The Morgan fingerprint density at radius 3 is 2.58 bits per heavy atom. The van der Waals surface area contributed by atoms with Crippen molar-refractivity contribution in [2.24, 2.45) is 0 Å². The molecule has 0 amide bonds. The number of hydrogen-bond acceptors (Lipinski definition) is 1. The van der Waals surface area contributed by atoms with E-state index in [-0.39, 0.29) is 4.45 Å². The summed E-state index contributed by atoms with van der Waals surface area (Å²) < 4.78 is 2.26. The van der Waals surface area contributed by atoms with Gasteiger partial charge in [-0.3, -0.25) is 4.90 Å². The molecule has 1 unspecified atom stereocenters. The zero-order valence-electron chi connectivity index (χ0n) is 10.4. The molecule has 1 atom stereocenters. The van der Waals surface area contributed by atoms with Crippen LogP contribution in [0.15, 0.2) is 45.4 Å². The van der Waals surface area contributed by atoms with Crippen LogP contribution in [0.25, 0.3) is 0 Å². The Labute approximate surface area is 139 Å². The van der Waals surface area contributed by atoms with E-state index >= 15 is 0 Å². The summed E-state index contributed by atoms with van der Waals surface area (Å²) in [5.41, 5.74) is 2.94. The Kier molecular flexibility index (Phi) is 4.05. The van der Waals surface area contributed by atoms with Gasteiger partial charge in [0.2, 0.25) is 0 Å². The Hall–Kier alpha value is 0.1000. The summed E-state index contributed by atoms with van der Waals surface area (Å²) in [6, 6.07) is 8.75. The number of benzene rings is 1. The lowest BCUT2D eigenvalue weighted by molar-refractivity contribution is 0.190. The molecule has 1 aromatic rings. The van der Waals surface area contributed by atoms with Crippen molar-refractivity contribution < 1.29 is 0 Å². The molecule has 19 heavy (non-hydrogen) atoms. The lowest BCUT2D eigenvalue weighted by Crippen LogP contribution is -2.46. The van der Waals surface area contributed by atoms with Crippen molar-refractivity contribution in [3.8, 4) is 0 Å². The third-order valence-electron chi connectivity index (χ3n) is 3.73. The lowest BCUT2D eigenvalue weighted by Gasteiger charge is -2.42. The van der Waals surface area contributed by atoms with Gasteiger partial charge < -0.3 is 0 Å². The van der Waals surface area contributed by atoms with Gasteiger partial charge in [0.25, 0.3) is 0 Å². The second-order valence-electron chi connectivity index (χ2n) is 5.06. The van der Waals surface area contributed by atoms with Crippen molar-refractivity contribution in [1.29, 1.82) is 0 Å². The third kappa shape index (κ3) is 2.92. The molecule has 2 aliphatic rings. The highest BCUT2D eigenvalue weighted by Crippen LogP contribution is 2.42. The Morgan fingerprint density at radius 1 is 1.11 bits per heavy atom. The van der Waals surface area contributed by atoms with Crippen LogP contribution in [0.3, 0.4) is 0 Å². The number of allylic oxidation sites excluding steroid dienone is 2. The van der Waals surface area contributed by atoms with E-state index < -0.39 is 0 Å². The van der Waals surface area contributed by atoms with Gasteiger partial charge in [-0.25, -0.2) is 0 Å². The summed E-state index contributed by atoms with van der Waals surface area (Å²) in [5.74, 6) is 0. The third-order valence-corrected chi connectivity index (χ3v) is 5.70. The molecule has 0 saturated carbocycles. The fraction of sp³-hybridized carbons (Fsp3) is 0.333. The SMILES string of the molecule is BrC1=CC(Br)(N2CCc3ccccc3C2)CC(Br)=C1. The van der Waals surface area contributed by atoms with Gasteiger partial charge in [0, 0.05) is 24.0 Å². The van der Waals surface area contributed by atoms with Crippen LogP contribution in [0.4, 0.5) is 0 Å². The molecule has 0 N–H and O–H groups in total. The minimum absolute atomic E-state index is 0.0903. The average molecular weight is 448 g/mol. The van der Waals surface area contributed by atoms with Crippen molar-refractivity contribution in [3.63, 3.8) is 0 Å². The highest BCUT2D eigenvalue weighted by Gasteiger charge is 2.36. The van der Waals surface area contributed by atoms with Gasteiger partial charge >= 0.3 is 0 Å². The lowest BCUT2D eigenvalue weighted by atomic mass is 9.97. The molecule has 1 heterocycles. The maximum Gasteiger partial charge on any atom is 0.101 e.